The molecule has 1 rings (SSSR count). The first-order valence-electron chi connectivity index (χ1n) is 8.76. The molecule has 25 heavy (non-hydrogen) atoms. The second kappa shape index (κ2) is 14.8. The summed E-state index contributed by atoms with van der Waals surface area (Å²) < 4.78 is 0. The monoisotopic (exact) mass is 462 g/mol. The van der Waals surface area contributed by atoms with Gasteiger partial charge in [-0.3, -0.25) is 9.79 Å². The van der Waals surface area contributed by atoms with Crippen molar-refractivity contribution in [2.75, 3.05) is 26.2 Å². The Kier molecular flexibility index (Phi) is 13.9. The molecule has 1 amide bonds. The van der Waals surface area contributed by atoms with Crippen molar-refractivity contribution in [3.05, 3.63) is 29.8 Å². The number of carbonyl (C=O) groups excluding carboxylic acids is 1. The van der Waals surface area contributed by atoms with E-state index < -0.39 is 0 Å². The summed E-state index contributed by atoms with van der Waals surface area (Å²) in [7, 11) is 0. The van der Waals surface area contributed by atoms with Gasteiger partial charge in [-0.05, 0) is 37.6 Å². The van der Waals surface area contributed by atoms with Crippen molar-refractivity contribution >= 4 is 35.8 Å². The minimum absolute atomic E-state index is 0. The minimum atomic E-state index is -0.154. The van der Waals surface area contributed by atoms with E-state index in [9.17, 15) is 9.90 Å². The van der Waals surface area contributed by atoms with Crippen LogP contribution in [0.5, 0.6) is 5.75 Å². The average molecular weight is 462 g/mol. The van der Waals surface area contributed by atoms with Gasteiger partial charge in [-0.15, -0.1) is 24.0 Å². The second-order valence-corrected chi connectivity index (χ2v) is 5.55. The highest BCUT2D eigenvalue weighted by Crippen LogP contribution is 2.09. The van der Waals surface area contributed by atoms with Crippen LogP contribution in [-0.2, 0) is 0 Å². The second-order valence-electron chi connectivity index (χ2n) is 5.55. The Morgan fingerprint density at radius 3 is 2.32 bits per heavy atom. The van der Waals surface area contributed by atoms with E-state index in [2.05, 4.69) is 27.9 Å². The van der Waals surface area contributed by atoms with E-state index in [-0.39, 0.29) is 35.6 Å². The molecule has 1 aromatic rings. The van der Waals surface area contributed by atoms with Gasteiger partial charge in [0.15, 0.2) is 5.96 Å². The third-order valence-corrected chi connectivity index (χ3v) is 3.46. The summed E-state index contributed by atoms with van der Waals surface area (Å²) in [6.45, 7) is 6.95. The number of guanidine groups is 1. The maximum absolute atomic E-state index is 11.9. The van der Waals surface area contributed by atoms with Crippen LogP contribution in [0.2, 0.25) is 0 Å². The lowest BCUT2D eigenvalue weighted by molar-refractivity contribution is 0.0954. The van der Waals surface area contributed by atoms with Crippen molar-refractivity contribution in [1.82, 2.24) is 16.0 Å². The summed E-state index contributed by atoms with van der Waals surface area (Å²) in [4.78, 5) is 16.5. The number of phenols is 1. The largest absolute Gasteiger partial charge is 0.508 e. The molecule has 6 nitrogen and oxygen atoms in total. The fourth-order valence-electron chi connectivity index (χ4n) is 2.14. The summed E-state index contributed by atoms with van der Waals surface area (Å²) in [5.41, 5.74) is 0.532. The van der Waals surface area contributed by atoms with E-state index in [0.717, 1.165) is 25.5 Å². The first-order valence-corrected chi connectivity index (χ1v) is 8.76. The molecule has 0 unspecified atom stereocenters. The van der Waals surface area contributed by atoms with Gasteiger partial charge in [0.05, 0.1) is 0 Å². The predicted molar refractivity (Wildman–Crippen MR) is 114 cm³/mol. The van der Waals surface area contributed by atoms with Crippen molar-refractivity contribution in [3.63, 3.8) is 0 Å². The zero-order chi connectivity index (χ0) is 17.6. The van der Waals surface area contributed by atoms with Crippen molar-refractivity contribution < 1.29 is 9.90 Å². The van der Waals surface area contributed by atoms with Crippen molar-refractivity contribution in [1.29, 1.82) is 0 Å². The number of aromatic hydroxyl groups is 1. The Labute approximate surface area is 167 Å². The highest BCUT2D eigenvalue weighted by atomic mass is 127. The molecule has 0 spiro atoms. The lowest BCUT2D eigenvalue weighted by Crippen LogP contribution is -2.41. The molecule has 0 saturated heterocycles. The number of nitrogens with zero attached hydrogens (tertiary/aromatic N) is 1. The number of unbranched alkanes of at least 4 members (excludes halogenated alkanes) is 3. The number of amides is 1. The van der Waals surface area contributed by atoms with Crippen molar-refractivity contribution in [2.24, 2.45) is 4.99 Å². The van der Waals surface area contributed by atoms with Gasteiger partial charge in [-0.25, -0.2) is 0 Å². The van der Waals surface area contributed by atoms with Gasteiger partial charge >= 0.3 is 0 Å². The van der Waals surface area contributed by atoms with Crippen LogP contribution in [0.25, 0.3) is 0 Å². The van der Waals surface area contributed by atoms with Crippen LogP contribution in [-0.4, -0.2) is 43.2 Å². The molecule has 0 fully saturated rings. The third kappa shape index (κ3) is 10.9. The van der Waals surface area contributed by atoms with Crippen LogP contribution in [0.3, 0.4) is 0 Å². The van der Waals surface area contributed by atoms with Gasteiger partial charge in [0.1, 0.15) is 5.75 Å². The number of hydrogen-bond acceptors (Lipinski definition) is 3. The number of phenolic OH excluding ortho intramolecular Hbond substituents is 1. The van der Waals surface area contributed by atoms with E-state index in [1.54, 1.807) is 12.1 Å². The van der Waals surface area contributed by atoms with Crippen LogP contribution in [0.1, 0.15) is 49.9 Å². The van der Waals surface area contributed by atoms with Crippen LogP contribution in [0.15, 0.2) is 29.3 Å². The van der Waals surface area contributed by atoms with E-state index in [1.165, 1.54) is 31.4 Å². The number of nitrogens with one attached hydrogen (secondary N) is 3. The summed E-state index contributed by atoms with van der Waals surface area (Å²) in [6.07, 6.45) is 4.79. The van der Waals surface area contributed by atoms with Gasteiger partial charge < -0.3 is 21.1 Å². The molecule has 0 saturated carbocycles. The zero-order valence-electron chi connectivity index (χ0n) is 15.2. The Morgan fingerprint density at radius 2 is 1.68 bits per heavy atom. The Morgan fingerprint density at radius 1 is 1.00 bits per heavy atom. The SMILES string of the molecule is CCCCCCN=C(NCC)NCCNC(=O)c1ccc(O)cc1.I. The number of benzene rings is 1. The number of rotatable bonds is 10. The summed E-state index contributed by atoms with van der Waals surface area (Å²) in [6, 6.07) is 6.20. The lowest BCUT2D eigenvalue weighted by atomic mass is 10.2. The molecule has 1 aromatic carbocycles. The predicted octanol–water partition coefficient (Wildman–Crippen LogP) is 2.88. The van der Waals surface area contributed by atoms with Crippen molar-refractivity contribution in [2.45, 2.75) is 39.5 Å². The third-order valence-electron chi connectivity index (χ3n) is 3.46. The van der Waals surface area contributed by atoms with Crippen molar-refractivity contribution in [3.8, 4) is 5.75 Å². The van der Waals surface area contributed by atoms with Gasteiger partial charge in [-0.2, -0.15) is 0 Å². The molecule has 7 heteroatoms. The number of halogens is 1. The molecule has 4 N–H and O–H groups in total. The Bertz CT molecular complexity index is 506. The van der Waals surface area contributed by atoms with E-state index in [1.807, 2.05) is 6.92 Å². The normalized spacial score (nSPS) is 10.7. The summed E-state index contributed by atoms with van der Waals surface area (Å²) >= 11 is 0. The van der Waals surface area contributed by atoms with E-state index in [4.69, 9.17) is 0 Å². The van der Waals surface area contributed by atoms with Crippen LogP contribution in [0.4, 0.5) is 0 Å². The first kappa shape index (κ1) is 23.5. The van der Waals surface area contributed by atoms with Gasteiger partial charge in [0.25, 0.3) is 5.91 Å². The number of carbonyl (C=O) groups is 1. The van der Waals surface area contributed by atoms with Crippen LogP contribution < -0.4 is 16.0 Å². The van der Waals surface area contributed by atoms with Gasteiger partial charge in [0, 0.05) is 31.7 Å². The quantitative estimate of drug-likeness (QED) is 0.187. The van der Waals surface area contributed by atoms with Crippen LogP contribution in [0, 0.1) is 0 Å². The number of hydrogen-bond donors (Lipinski definition) is 4. The molecule has 0 bridgehead atoms. The maximum Gasteiger partial charge on any atom is 0.251 e. The highest BCUT2D eigenvalue weighted by molar-refractivity contribution is 14.0. The fraction of sp³-hybridized carbons (Fsp3) is 0.556. The van der Waals surface area contributed by atoms with Gasteiger partial charge in [-0.1, -0.05) is 26.2 Å². The standard InChI is InChI=1S/C18H30N4O2.HI/c1-3-5-6-7-12-21-18(19-4-2)22-14-13-20-17(24)15-8-10-16(23)11-9-15;/h8-11,23H,3-7,12-14H2,1-2H3,(H,20,24)(H2,19,21,22);1H. The van der Waals surface area contributed by atoms with Crippen LogP contribution >= 0.6 is 24.0 Å². The topological polar surface area (TPSA) is 85.8 Å². The van der Waals surface area contributed by atoms with E-state index in [0.29, 0.717) is 18.7 Å². The molecule has 0 aliphatic heterocycles. The van der Waals surface area contributed by atoms with Gasteiger partial charge in [0.2, 0.25) is 0 Å². The lowest BCUT2D eigenvalue weighted by Gasteiger charge is -2.12. The molecule has 0 heterocycles. The molecule has 0 aliphatic rings. The number of aliphatic imine (C=N–C) groups is 1. The first-order chi connectivity index (χ1) is 11.7. The molecular formula is C18H31IN4O2. The maximum atomic E-state index is 11.9. The molecule has 142 valence electrons. The van der Waals surface area contributed by atoms with E-state index >= 15 is 0 Å². The molecule has 0 radical (unpaired) electrons. The molecule has 0 atom stereocenters. The minimum Gasteiger partial charge on any atom is -0.508 e. The Hall–Kier alpha value is -1.51. The molecule has 0 aliphatic carbocycles. The summed E-state index contributed by atoms with van der Waals surface area (Å²) in [5, 5.41) is 18.5. The average Bonchev–Trinajstić information content (AvgIpc) is 2.58. The smallest absolute Gasteiger partial charge is 0.251 e. The molecule has 0 aromatic heterocycles. The Balaban J connectivity index is 0.00000576. The zero-order valence-corrected chi connectivity index (χ0v) is 17.5. The fourth-order valence-corrected chi connectivity index (χ4v) is 2.14. The highest BCUT2D eigenvalue weighted by Gasteiger charge is 2.04. The summed E-state index contributed by atoms with van der Waals surface area (Å²) in [5.74, 6) is 0.782. The molecular weight excluding hydrogens is 431 g/mol.